The Hall–Kier alpha value is -1.15. The molecule has 2 rings (SSSR count). The predicted octanol–water partition coefficient (Wildman–Crippen LogP) is 2.62. The molecule has 1 heterocycles. The first kappa shape index (κ1) is 20.2. The van der Waals surface area contributed by atoms with Crippen molar-refractivity contribution in [3.8, 4) is 0 Å². The zero-order valence-electron chi connectivity index (χ0n) is 14.7. The van der Waals surface area contributed by atoms with Crippen molar-refractivity contribution in [3.63, 3.8) is 0 Å². The smallest absolute Gasteiger partial charge is 0.255 e. The Morgan fingerprint density at radius 3 is 2.56 bits per heavy atom. The van der Waals surface area contributed by atoms with Gasteiger partial charge in [-0.2, -0.15) is 4.31 Å². The largest absolute Gasteiger partial charge is 0.379 e. The SMILES string of the molecule is CCCCN(CC)C(=O)c1cc(S(=O)(=O)N2CCOCC2)ccc1Cl. The minimum Gasteiger partial charge on any atom is -0.379 e. The van der Waals surface area contributed by atoms with Crippen LogP contribution in [0.5, 0.6) is 0 Å². The third-order valence-electron chi connectivity index (χ3n) is 4.23. The maximum atomic E-state index is 12.8. The van der Waals surface area contributed by atoms with Crippen molar-refractivity contribution in [3.05, 3.63) is 28.8 Å². The number of hydrogen-bond donors (Lipinski definition) is 0. The molecule has 0 spiro atoms. The Morgan fingerprint density at radius 2 is 1.96 bits per heavy atom. The molecule has 0 saturated carbocycles. The third-order valence-corrected chi connectivity index (χ3v) is 6.45. The lowest BCUT2D eigenvalue weighted by molar-refractivity contribution is 0.0729. The van der Waals surface area contributed by atoms with E-state index in [1.807, 2.05) is 6.92 Å². The van der Waals surface area contributed by atoms with Crippen LogP contribution >= 0.6 is 11.6 Å². The summed E-state index contributed by atoms with van der Waals surface area (Å²) in [5.41, 5.74) is 0.231. The van der Waals surface area contributed by atoms with Crippen LogP contribution in [0.3, 0.4) is 0 Å². The number of amides is 1. The number of ether oxygens (including phenoxy) is 1. The van der Waals surface area contributed by atoms with Gasteiger partial charge in [-0.1, -0.05) is 24.9 Å². The van der Waals surface area contributed by atoms with Gasteiger partial charge in [-0.15, -0.1) is 0 Å². The lowest BCUT2D eigenvalue weighted by Gasteiger charge is -2.26. The quantitative estimate of drug-likeness (QED) is 0.720. The van der Waals surface area contributed by atoms with Crippen molar-refractivity contribution in [2.75, 3.05) is 39.4 Å². The van der Waals surface area contributed by atoms with Crippen LogP contribution in [0, 0.1) is 0 Å². The molecule has 0 aromatic heterocycles. The highest BCUT2D eigenvalue weighted by Crippen LogP contribution is 2.25. The van der Waals surface area contributed by atoms with E-state index in [9.17, 15) is 13.2 Å². The van der Waals surface area contributed by atoms with Crippen LogP contribution in [-0.4, -0.2) is 62.9 Å². The molecule has 0 atom stereocenters. The first-order valence-corrected chi connectivity index (χ1v) is 10.4. The summed E-state index contributed by atoms with van der Waals surface area (Å²) in [5.74, 6) is -0.236. The lowest BCUT2D eigenvalue weighted by Crippen LogP contribution is -2.40. The van der Waals surface area contributed by atoms with Crippen LogP contribution in [0.4, 0.5) is 0 Å². The Balaban J connectivity index is 2.31. The monoisotopic (exact) mass is 388 g/mol. The molecule has 1 aromatic rings. The second-order valence-corrected chi connectivity index (χ2v) is 8.24. The third kappa shape index (κ3) is 4.73. The predicted molar refractivity (Wildman–Crippen MR) is 97.5 cm³/mol. The van der Waals surface area contributed by atoms with Gasteiger partial charge in [0, 0.05) is 26.2 Å². The number of sulfonamides is 1. The van der Waals surface area contributed by atoms with Gasteiger partial charge in [0.1, 0.15) is 0 Å². The Morgan fingerprint density at radius 1 is 1.28 bits per heavy atom. The Bertz CT molecular complexity index is 703. The standard InChI is InChI=1S/C17H25ClN2O4S/c1-3-5-8-19(4-2)17(21)15-13-14(6-7-16(15)18)25(22,23)20-9-11-24-12-10-20/h6-7,13H,3-5,8-12H2,1-2H3. The molecule has 25 heavy (non-hydrogen) atoms. The number of halogens is 1. The summed E-state index contributed by atoms with van der Waals surface area (Å²) in [6.07, 6.45) is 1.87. The molecule has 0 radical (unpaired) electrons. The van der Waals surface area contributed by atoms with Gasteiger partial charge in [0.2, 0.25) is 10.0 Å². The van der Waals surface area contributed by atoms with Gasteiger partial charge in [-0.25, -0.2) is 8.42 Å². The van der Waals surface area contributed by atoms with Crippen LogP contribution in [0.1, 0.15) is 37.0 Å². The molecular formula is C17H25ClN2O4S. The Kier molecular flexibility index (Phi) is 7.25. The van der Waals surface area contributed by atoms with E-state index in [0.717, 1.165) is 12.8 Å². The maximum absolute atomic E-state index is 12.8. The second-order valence-electron chi connectivity index (χ2n) is 5.90. The van der Waals surface area contributed by atoms with E-state index >= 15 is 0 Å². The molecule has 0 aliphatic carbocycles. The molecule has 140 valence electrons. The fourth-order valence-electron chi connectivity index (χ4n) is 2.69. The van der Waals surface area contributed by atoms with Crippen molar-refractivity contribution in [1.29, 1.82) is 0 Å². The van der Waals surface area contributed by atoms with Crippen LogP contribution in [-0.2, 0) is 14.8 Å². The van der Waals surface area contributed by atoms with E-state index in [-0.39, 0.29) is 21.4 Å². The molecule has 0 bridgehead atoms. The molecule has 1 aliphatic rings. The number of carbonyl (C=O) groups is 1. The summed E-state index contributed by atoms with van der Waals surface area (Å²) in [6, 6.07) is 4.33. The fourth-order valence-corrected chi connectivity index (χ4v) is 4.32. The molecule has 8 heteroatoms. The first-order valence-electron chi connectivity index (χ1n) is 8.58. The van der Waals surface area contributed by atoms with Gasteiger partial charge < -0.3 is 9.64 Å². The molecule has 6 nitrogen and oxygen atoms in total. The van der Waals surface area contributed by atoms with Crippen molar-refractivity contribution < 1.29 is 17.9 Å². The van der Waals surface area contributed by atoms with Crippen molar-refractivity contribution >= 4 is 27.5 Å². The molecule has 0 unspecified atom stereocenters. The molecule has 1 aliphatic heterocycles. The fraction of sp³-hybridized carbons (Fsp3) is 0.588. The second kappa shape index (κ2) is 8.98. The van der Waals surface area contributed by atoms with Gasteiger partial charge in [0.15, 0.2) is 0 Å². The lowest BCUT2D eigenvalue weighted by atomic mass is 10.2. The van der Waals surface area contributed by atoms with Gasteiger partial charge in [-0.3, -0.25) is 4.79 Å². The number of morpholine rings is 1. The summed E-state index contributed by atoms with van der Waals surface area (Å²) in [7, 11) is -3.66. The van der Waals surface area contributed by atoms with E-state index in [1.54, 1.807) is 4.90 Å². The maximum Gasteiger partial charge on any atom is 0.255 e. The molecular weight excluding hydrogens is 364 g/mol. The van der Waals surface area contributed by atoms with Crippen molar-refractivity contribution in [1.82, 2.24) is 9.21 Å². The van der Waals surface area contributed by atoms with Gasteiger partial charge in [0.25, 0.3) is 5.91 Å². The van der Waals surface area contributed by atoms with Gasteiger partial charge in [-0.05, 0) is 31.5 Å². The summed E-state index contributed by atoms with van der Waals surface area (Å²) in [4.78, 5) is 14.6. The average molecular weight is 389 g/mol. The van der Waals surface area contributed by atoms with Gasteiger partial charge in [0.05, 0.1) is 28.7 Å². The molecule has 1 saturated heterocycles. The number of benzene rings is 1. The van der Waals surface area contributed by atoms with E-state index in [2.05, 4.69) is 6.92 Å². The highest BCUT2D eigenvalue weighted by molar-refractivity contribution is 7.89. The minimum atomic E-state index is -3.66. The molecule has 1 fully saturated rings. The molecule has 0 N–H and O–H groups in total. The van der Waals surface area contributed by atoms with Crippen LogP contribution in [0.2, 0.25) is 5.02 Å². The summed E-state index contributed by atoms with van der Waals surface area (Å²) in [5, 5.41) is 0.265. The van der Waals surface area contributed by atoms with Crippen LogP contribution < -0.4 is 0 Å². The average Bonchev–Trinajstić information content (AvgIpc) is 2.63. The van der Waals surface area contributed by atoms with E-state index in [1.165, 1.54) is 22.5 Å². The Labute approximate surface area is 154 Å². The summed E-state index contributed by atoms with van der Waals surface area (Å²) >= 11 is 6.19. The topological polar surface area (TPSA) is 66.9 Å². The van der Waals surface area contributed by atoms with E-state index in [4.69, 9.17) is 16.3 Å². The number of unbranched alkanes of at least 4 members (excludes halogenated alkanes) is 1. The van der Waals surface area contributed by atoms with Gasteiger partial charge >= 0.3 is 0 Å². The van der Waals surface area contributed by atoms with Crippen LogP contribution in [0.25, 0.3) is 0 Å². The van der Waals surface area contributed by atoms with Crippen molar-refractivity contribution in [2.24, 2.45) is 0 Å². The first-order chi connectivity index (χ1) is 11.9. The number of hydrogen-bond acceptors (Lipinski definition) is 4. The number of nitrogens with zero attached hydrogens (tertiary/aromatic N) is 2. The highest BCUT2D eigenvalue weighted by Gasteiger charge is 2.28. The zero-order valence-corrected chi connectivity index (χ0v) is 16.3. The molecule has 1 amide bonds. The minimum absolute atomic E-state index is 0.0914. The van der Waals surface area contributed by atoms with E-state index in [0.29, 0.717) is 39.4 Å². The zero-order chi connectivity index (χ0) is 18.4. The molecule has 1 aromatic carbocycles. The van der Waals surface area contributed by atoms with E-state index < -0.39 is 10.0 Å². The van der Waals surface area contributed by atoms with Crippen molar-refractivity contribution in [2.45, 2.75) is 31.6 Å². The normalized spacial score (nSPS) is 16.0. The number of rotatable bonds is 7. The summed E-state index contributed by atoms with van der Waals surface area (Å²) < 4.78 is 32.2. The summed E-state index contributed by atoms with van der Waals surface area (Å²) in [6.45, 7) is 6.50. The van der Waals surface area contributed by atoms with Crippen LogP contribution in [0.15, 0.2) is 23.1 Å². The highest BCUT2D eigenvalue weighted by atomic mass is 35.5. The number of carbonyl (C=O) groups excluding carboxylic acids is 1.